The molecule has 3 heteroatoms. The first-order chi connectivity index (χ1) is 9.02. The Morgan fingerprint density at radius 2 is 1.47 bits per heavy atom. The number of fused-ring (bicyclic) bond motifs is 2. The smallest absolute Gasteiger partial charge is 0.194 e. The van der Waals surface area contributed by atoms with E-state index < -0.39 is 0 Å². The molecule has 94 valence electrons. The number of aryl methyl sites for hydroxylation is 1. The van der Waals surface area contributed by atoms with Crippen molar-refractivity contribution < 1.29 is 9.59 Å². The van der Waals surface area contributed by atoms with Crippen molar-refractivity contribution in [3.05, 3.63) is 63.7 Å². The average Bonchev–Trinajstić information content (AvgIpc) is 2.39. The van der Waals surface area contributed by atoms with Crippen LogP contribution in [-0.2, 0) is 0 Å². The van der Waals surface area contributed by atoms with Gasteiger partial charge in [-0.15, -0.1) is 0 Å². The molecule has 0 radical (unpaired) electrons. The highest BCUT2D eigenvalue weighted by atomic mass is 16.1. The third kappa shape index (κ3) is 1.45. The molecule has 0 spiro atoms. The van der Waals surface area contributed by atoms with E-state index in [-0.39, 0.29) is 11.6 Å². The van der Waals surface area contributed by atoms with Crippen LogP contribution in [0.15, 0.2) is 30.3 Å². The van der Waals surface area contributed by atoms with Gasteiger partial charge in [-0.25, -0.2) is 0 Å². The molecule has 0 saturated heterocycles. The molecule has 0 aromatic heterocycles. The summed E-state index contributed by atoms with van der Waals surface area (Å²) in [5.41, 5.74) is 9.79. The molecule has 0 bridgehead atoms. The van der Waals surface area contributed by atoms with E-state index >= 15 is 0 Å². The van der Waals surface area contributed by atoms with E-state index in [1.807, 2.05) is 13.0 Å². The molecule has 3 nitrogen and oxygen atoms in total. The lowest BCUT2D eigenvalue weighted by Crippen LogP contribution is -2.23. The topological polar surface area (TPSA) is 60.2 Å². The van der Waals surface area contributed by atoms with Crippen LogP contribution >= 0.6 is 0 Å². The van der Waals surface area contributed by atoms with Gasteiger partial charge in [0, 0.05) is 27.9 Å². The fraction of sp³-hybridized carbons (Fsp3) is 0.125. The van der Waals surface area contributed by atoms with Crippen molar-refractivity contribution in [2.45, 2.75) is 13.8 Å². The number of rotatable bonds is 0. The van der Waals surface area contributed by atoms with Crippen LogP contribution in [0.3, 0.4) is 0 Å². The number of carbonyl (C=O) groups is 2. The van der Waals surface area contributed by atoms with Crippen molar-refractivity contribution in [2.24, 2.45) is 0 Å². The minimum atomic E-state index is -0.113. The summed E-state index contributed by atoms with van der Waals surface area (Å²) in [6.45, 7) is 3.62. The molecule has 0 unspecified atom stereocenters. The van der Waals surface area contributed by atoms with E-state index in [1.165, 1.54) is 0 Å². The Kier molecular flexibility index (Phi) is 2.32. The highest BCUT2D eigenvalue weighted by molar-refractivity contribution is 6.29. The van der Waals surface area contributed by atoms with Crippen LogP contribution in [0.1, 0.15) is 43.0 Å². The fourth-order valence-electron chi connectivity index (χ4n) is 2.64. The Morgan fingerprint density at radius 1 is 0.842 bits per heavy atom. The zero-order valence-electron chi connectivity index (χ0n) is 10.8. The zero-order chi connectivity index (χ0) is 13.7. The van der Waals surface area contributed by atoms with Crippen molar-refractivity contribution in [1.29, 1.82) is 0 Å². The fourth-order valence-corrected chi connectivity index (χ4v) is 2.64. The summed E-state index contributed by atoms with van der Waals surface area (Å²) in [7, 11) is 0. The predicted molar refractivity (Wildman–Crippen MR) is 73.6 cm³/mol. The maximum Gasteiger partial charge on any atom is 0.194 e. The van der Waals surface area contributed by atoms with Crippen molar-refractivity contribution in [3.8, 4) is 0 Å². The van der Waals surface area contributed by atoms with Gasteiger partial charge in [0.1, 0.15) is 0 Å². The van der Waals surface area contributed by atoms with E-state index in [1.54, 1.807) is 31.2 Å². The number of carbonyl (C=O) groups excluding carboxylic acids is 2. The highest BCUT2D eigenvalue weighted by Gasteiger charge is 2.32. The highest BCUT2D eigenvalue weighted by Crippen LogP contribution is 2.32. The van der Waals surface area contributed by atoms with Gasteiger partial charge in [-0.3, -0.25) is 9.59 Å². The van der Waals surface area contributed by atoms with Crippen molar-refractivity contribution in [1.82, 2.24) is 0 Å². The molecule has 0 amide bonds. The minimum Gasteiger partial charge on any atom is -0.398 e. The second kappa shape index (κ2) is 3.79. The number of hydrogen-bond donors (Lipinski definition) is 1. The molecule has 1 aliphatic rings. The van der Waals surface area contributed by atoms with Gasteiger partial charge in [-0.2, -0.15) is 0 Å². The molecular weight excluding hydrogens is 238 g/mol. The summed E-state index contributed by atoms with van der Waals surface area (Å²) in [5.74, 6) is -0.205. The van der Waals surface area contributed by atoms with Gasteiger partial charge in [-0.05, 0) is 37.1 Å². The molecule has 0 heterocycles. The monoisotopic (exact) mass is 251 g/mol. The standard InChI is InChI=1S/C16H13NO2/c1-8-4-3-5-10-13(8)15(18)11-6-7-12(17)9(2)14(11)16(10)19/h3-7H,17H2,1-2H3. The molecule has 1 aliphatic carbocycles. The van der Waals surface area contributed by atoms with E-state index in [9.17, 15) is 9.59 Å². The maximum atomic E-state index is 12.6. The van der Waals surface area contributed by atoms with Gasteiger partial charge in [0.2, 0.25) is 0 Å². The summed E-state index contributed by atoms with van der Waals surface area (Å²) in [5, 5.41) is 0. The van der Waals surface area contributed by atoms with Crippen molar-refractivity contribution in [2.75, 3.05) is 5.73 Å². The lowest BCUT2D eigenvalue weighted by Gasteiger charge is -2.21. The van der Waals surface area contributed by atoms with E-state index in [0.717, 1.165) is 5.56 Å². The van der Waals surface area contributed by atoms with Gasteiger partial charge in [0.15, 0.2) is 11.6 Å². The second-order valence-corrected chi connectivity index (χ2v) is 4.86. The number of nitrogen functional groups attached to an aromatic ring is 1. The Balaban J connectivity index is 2.40. The van der Waals surface area contributed by atoms with Crippen LogP contribution in [-0.4, -0.2) is 11.6 Å². The first-order valence-corrected chi connectivity index (χ1v) is 6.10. The number of benzene rings is 2. The molecule has 0 atom stereocenters. The largest absolute Gasteiger partial charge is 0.398 e. The van der Waals surface area contributed by atoms with Gasteiger partial charge >= 0.3 is 0 Å². The van der Waals surface area contributed by atoms with Gasteiger partial charge < -0.3 is 5.73 Å². The predicted octanol–water partition coefficient (Wildman–Crippen LogP) is 2.66. The number of hydrogen-bond acceptors (Lipinski definition) is 3. The lowest BCUT2D eigenvalue weighted by atomic mass is 9.80. The lowest BCUT2D eigenvalue weighted by molar-refractivity contribution is 0.0978. The van der Waals surface area contributed by atoms with E-state index in [4.69, 9.17) is 5.73 Å². The Hall–Kier alpha value is -2.42. The third-order valence-corrected chi connectivity index (χ3v) is 3.72. The summed E-state index contributed by atoms with van der Waals surface area (Å²) in [6.07, 6.45) is 0. The molecule has 2 aromatic carbocycles. The van der Waals surface area contributed by atoms with Crippen LogP contribution < -0.4 is 5.73 Å². The summed E-state index contributed by atoms with van der Waals surface area (Å²) < 4.78 is 0. The van der Waals surface area contributed by atoms with Gasteiger partial charge in [0.25, 0.3) is 0 Å². The maximum absolute atomic E-state index is 12.6. The first kappa shape index (κ1) is 11.7. The SMILES string of the molecule is Cc1cccc2c1C(=O)c1ccc(N)c(C)c1C2=O. The summed E-state index contributed by atoms with van der Waals surface area (Å²) in [4.78, 5) is 25.1. The average molecular weight is 251 g/mol. The van der Waals surface area contributed by atoms with Crippen LogP contribution in [0, 0.1) is 13.8 Å². The van der Waals surface area contributed by atoms with E-state index in [2.05, 4.69) is 0 Å². The van der Waals surface area contributed by atoms with E-state index in [0.29, 0.717) is 33.5 Å². The minimum absolute atomic E-state index is 0.0919. The second-order valence-electron chi connectivity index (χ2n) is 4.86. The Bertz CT molecular complexity index is 745. The Labute approximate surface area is 111 Å². The quantitative estimate of drug-likeness (QED) is 0.625. The normalized spacial score (nSPS) is 13.2. The molecular formula is C16H13NO2. The molecule has 2 aromatic rings. The van der Waals surface area contributed by atoms with Crippen LogP contribution in [0.25, 0.3) is 0 Å². The van der Waals surface area contributed by atoms with Crippen molar-refractivity contribution in [3.63, 3.8) is 0 Å². The van der Waals surface area contributed by atoms with Gasteiger partial charge in [-0.1, -0.05) is 18.2 Å². The first-order valence-electron chi connectivity index (χ1n) is 6.10. The molecule has 0 fully saturated rings. The number of nitrogens with two attached hydrogens (primary N) is 1. The zero-order valence-corrected chi connectivity index (χ0v) is 10.8. The molecule has 3 rings (SSSR count). The molecule has 0 saturated carbocycles. The number of ketones is 2. The Morgan fingerprint density at radius 3 is 2.21 bits per heavy atom. The summed E-state index contributed by atoms with van der Waals surface area (Å²) in [6, 6.07) is 8.68. The van der Waals surface area contributed by atoms with Crippen LogP contribution in [0.2, 0.25) is 0 Å². The molecule has 2 N–H and O–H groups in total. The number of anilines is 1. The van der Waals surface area contributed by atoms with Crippen molar-refractivity contribution >= 4 is 17.3 Å². The third-order valence-electron chi connectivity index (χ3n) is 3.72. The summed E-state index contributed by atoms with van der Waals surface area (Å²) >= 11 is 0. The molecule has 19 heavy (non-hydrogen) atoms. The van der Waals surface area contributed by atoms with Crippen LogP contribution in [0.5, 0.6) is 0 Å². The molecule has 0 aliphatic heterocycles. The van der Waals surface area contributed by atoms with Gasteiger partial charge in [0.05, 0.1) is 0 Å². The van der Waals surface area contributed by atoms with Crippen LogP contribution in [0.4, 0.5) is 5.69 Å².